The zero-order valence-electron chi connectivity index (χ0n) is 13.4. The Balaban J connectivity index is 2.64. The minimum atomic E-state index is -1.83. The number of amides is 1. The van der Waals surface area contributed by atoms with E-state index in [9.17, 15) is 4.79 Å². The lowest BCUT2D eigenvalue weighted by Gasteiger charge is -2.39. The van der Waals surface area contributed by atoms with Gasteiger partial charge in [-0.3, -0.25) is 4.79 Å². The molecule has 112 valence electrons. The highest BCUT2D eigenvalue weighted by Gasteiger charge is 2.43. The van der Waals surface area contributed by atoms with Crippen molar-refractivity contribution in [2.45, 2.75) is 71.5 Å². The van der Waals surface area contributed by atoms with Gasteiger partial charge in [-0.25, -0.2) is 0 Å². The van der Waals surface area contributed by atoms with Gasteiger partial charge in [-0.2, -0.15) is 0 Å². The van der Waals surface area contributed by atoms with E-state index in [1.165, 1.54) is 0 Å². The summed E-state index contributed by atoms with van der Waals surface area (Å²) in [4.78, 5) is 12.0. The highest BCUT2D eigenvalue weighted by Crippen LogP contribution is 2.38. The maximum Gasteiger partial charge on any atom is 0.227 e. The second-order valence-corrected chi connectivity index (χ2v) is 11.6. The van der Waals surface area contributed by atoms with E-state index in [0.717, 1.165) is 0 Å². The molecule has 4 nitrogen and oxygen atoms in total. The summed E-state index contributed by atoms with van der Waals surface area (Å²) in [6.07, 6.45) is 0.516. The van der Waals surface area contributed by atoms with Gasteiger partial charge in [-0.05, 0) is 32.0 Å². The second-order valence-electron chi connectivity index (χ2n) is 6.88. The van der Waals surface area contributed by atoms with Gasteiger partial charge in [-0.1, -0.05) is 20.8 Å². The first kappa shape index (κ1) is 16.7. The lowest BCUT2D eigenvalue weighted by Crippen LogP contribution is -2.45. The molecule has 0 saturated carbocycles. The van der Waals surface area contributed by atoms with Crippen LogP contribution in [0, 0.1) is 5.92 Å². The summed E-state index contributed by atoms with van der Waals surface area (Å²) in [6, 6.07) is 0. The van der Waals surface area contributed by atoms with Crippen LogP contribution < -0.4 is 5.32 Å². The minimum Gasteiger partial charge on any atom is -0.413 e. The first-order valence-electron chi connectivity index (χ1n) is 7.18. The summed E-state index contributed by atoms with van der Waals surface area (Å²) in [5, 5.41) is 3.05. The van der Waals surface area contributed by atoms with Crippen molar-refractivity contribution in [1.29, 1.82) is 0 Å². The third kappa shape index (κ3) is 4.03. The zero-order valence-corrected chi connectivity index (χ0v) is 14.4. The van der Waals surface area contributed by atoms with Crippen LogP contribution in [0.2, 0.25) is 18.1 Å². The van der Waals surface area contributed by atoms with E-state index in [1.807, 2.05) is 13.8 Å². The predicted octanol–water partition coefficient (Wildman–Crippen LogP) is 2.90. The summed E-state index contributed by atoms with van der Waals surface area (Å²) < 4.78 is 11.8. The average Bonchev–Trinajstić information content (AvgIpc) is 2.57. The molecule has 1 unspecified atom stereocenters. The van der Waals surface area contributed by atoms with Crippen molar-refractivity contribution in [3.63, 3.8) is 0 Å². The van der Waals surface area contributed by atoms with Gasteiger partial charge in [0.25, 0.3) is 0 Å². The molecule has 0 aromatic carbocycles. The molecule has 1 amide bonds. The summed E-state index contributed by atoms with van der Waals surface area (Å²) in [5.74, 6) is -0.0321. The van der Waals surface area contributed by atoms with E-state index in [2.05, 4.69) is 39.2 Å². The summed E-state index contributed by atoms with van der Waals surface area (Å²) >= 11 is 0. The minimum absolute atomic E-state index is 0.0497. The molecule has 3 atom stereocenters. The molecule has 1 heterocycles. The van der Waals surface area contributed by atoms with Gasteiger partial charge in [0.2, 0.25) is 5.91 Å². The van der Waals surface area contributed by atoms with Crippen LogP contribution in [-0.2, 0) is 14.0 Å². The molecule has 0 radical (unpaired) electrons. The third-order valence-electron chi connectivity index (χ3n) is 4.33. The van der Waals surface area contributed by atoms with Crippen molar-refractivity contribution < 1.29 is 14.0 Å². The monoisotopic (exact) mass is 287 g/mol. The topological polar surface area (TPSA) is 47.6 Å². The molecule has 1 rings (SSSR count). The number of nitrogens with one attached hydrogen (secondary N) is 1. The van der Waals surface area contributed by atoms with Crippen LogP contribution >= 0.6 is 0 Å². The molecule has 0 aromatic rings. The number of rotatable bonds is 5. The lowest BCUT2D eigenvalue weighted by atomic mass is 10.0. The fourth-order valence-corrected chi connectivity index (χ4v) is 3.55. The highest BCUT2D eigenvalue weighted by molar-refractivity contribution is 6.74. The van der Waals surface area contributed by atoms with Crippen LogP contribution in [-0.4, -0.2) is 33.2 Å². The lowest BCUT2D eigenvalue weighted by molar-refractivity contribution is -0.125. The summed E-state index contributed by atoms with van der Waals surface area (Å²) in [5.41, 5.74) is 0. The van der Waals surface area contributed by atoms with Crippen molar-refractivity contribution in [2.24, 2.45) is 5.92 Å². The van der Waals surface area contributed by atoms with Crippen LogP contribution in [0.4, 0.5) is 0 Å². The third-order valence-corrected chi connectivity index (χ3v) is 8.90. The Morgan fingerprint density at radius 1 is 1.42 bits per heavy atom. The van der Waals surface area contributed by atoms with Gasteiger partial charge in [0.05, 0.1) is 12.0 Å². The molecule has 1 fully saturated rings. The Bertz CT molecular complexity index is 325. The maximum absolute atomic E-state index is 12.0. The van der Waals surface area contributed by atoms with Gasteiger partial charge in [-0.15, -0.1) is 0 Å². The molecule has 0 spiro atoms. The fourth-order valence-electron chi connectivity index (χ4n) is 2.10. The number of carbonyl (C=O) groups excluding carboxylic acids is 1. The molecular formula is C14H29NO3Si. The van der Waals surface area contributed by atoms with Crippen LogP contribution in [0.25, 0.3) is 0 Å². The standard InChI is InChI=1S/C14H29NO3Si/c1-8-17-12-9-11(13(16)15-12)10(2)18-19(6,7)14(3,4)5/h10-12H,8-9H2,1-7H3,(H,15,16)/t10-,11+,12?/m1/s1. The van der Waals surface area contributed by atoms with E-state index >= 15 is 0 Å². The zero-order chi connectivity index (χ0) is 14.8. The number of hydrogen-bond acceptors (Lipinski definition) is 3. The van der Waals surface area contributed by atoms with Gasteiger partial charge in [0.15, 0.2) is 8.32 Å². The molecule has 0 bridgehead atoms. The second kappa shape index (κ2) is 5.93. The largest absolute Gasteiger partial charge is 0.413 e. The first-order valence-corrected chi connectivity index (χ1v) is 10.1. The van der Waals surface area contributed by atoms with Crippen LogP contribution in [0.5, 0.6) is 0 Å². The molecule has 1 saturated heterocycles. The van der Waals surface area contributed by atoms with Crippen molar-refractivity contribution in [2.75, 3.05) is 6.61 Å². The van der Waals surface area contributed by atoms with Crippen LogP contribution in [0.15, 0.2) is 0 Å². The van der Waals surface area contributed by atoms with Crippen molar-refractivity contribution in [3.8, 4) is 0 Å². The smallest absolute Gasteiger partial charge is 0.227 e. The fraction of sp³-hybridized carbons (Fsp3) is 0.929. The Kier molecular flexibility index (Phi) is 5.20. The van der Waals surface area contributed by atoms with Crippen molar-refractivity contribution >= 4 is 14.2 Å². The molecule has 0 aromatic heterocycles. The molecular weight excluding hydrogens is 258 g/mol. The quantitative estimate of drug-likeness (QED) is 0.791. The van der Waals surface area contributed by atoms with Crippen molar-refractivity contribution in [1.82, 2.24) is 5.32 Å². The van der Waals surface area contributed by atoms with E-state index in [-0.39, 0.29) is 29.2 Å². The van der Waals surface area contributed by atoms with E-state index < -0.39 is 8.32 Å². The van der Waals surface area contributed by atoms with Gasteiger partial charge < -0.3 is 14.5 Å². The Morgan fingerprint density at radius 3 is 2.47 bits per heavy atom. The van der Waals surface area contributed by atoms with E-state index in [0.29, 0.717) is 13.0 Å². The molecule has 1 aliphatic rings. The summed E-state index contributed by atoms with van der Waals surface area (Å²) in [6.45, 7) is 15.6. The normalized spacial score (nSPS) is 26.4. The molecule has 1 aliphatic heterocycles. The molecule has 1 N–H and O–H groups in total. The van der Waals surface area contributed by atoms with Crippen molar-refractivity contribution in [3.05, 3.63) is 0 Å². The molecule has 5 heteroatoms. The van der Waals surface area contributed by atoms with Gasteiger partial charge in [0, 0.05) is 13.0 Å². The molecule has 19 heavy (non-hydrogen) atoms. The SMILES string of the molecule is CCOC1C[C@@H]([C@@H](C)O[Si](C)(C)C(C)(C)C)C(=O)N1. The van der Waals surface area contributed by atoms with E-state index in [4.69, 9.17) is 9.16 Å². The number of carbonyl (C=O) groups is 1. The Morgan fingerprint density at radius 2 is 2.00 bits per heavy atom. The molecule has 0 aliphatic carbocycles. The van der Waals surface area contributed by atoms with Crippen LogP contribution in [0.3, 0.4) is 0 Å². The summed E-state index contributed by atoms with van der Waals surface area (Å²) in [7, 11) is -1.83. The average molecular weight is 287 g/mol. The predicted molar refractivity (Wildman–Crippen MR) is 79.4 cm³/mol. The van der Waals surface area contributed by atoms with Gasteiger partial charge in [0.1, 0.15) is 6.23 Å². The Hall–Kier alpha value is -0.393. The maximum atomic E-state index is 12.0. The van der Waals surface area contributed by atoms with Crippen LogP contribution in [0.1, 0.15) is 41.0 Å². The van der Waals surface area contributed by atoms with E-state index in [1.54, 1.807) is 0 Å². The number of ether oxygens (including phenoxy) is 1. The first-order chi connectivity index (χ1) is 8.58. The van der Waals surface area contributed by atoms with Gasteiger partial charge >= 0.3 is 0 Å². The number of hydrogen-bond donors (Lipinski definition) is 1. The highest BCUT2D eigenvalue weighted by atomic mass is 28.4. The Labute approximate surface area is 118 Å².